The Hall–Kier alpha value is -1.63. The molecule has 0 spiro atoms. The SMILES string of the molecule is CCCC(C)(C)c1ccc(-c2ccnc(C)c2)cc1. The number of aromatic nitrogens is 1. The van der Waals surface area contributed by atoms with Crippen molar-refractivity contribution in [2.75, 3.05) is 0 Å². The maximum atomic E-state index is 4.25. The van der Waals surface area contributed by atoms with Crippen LogP contribution in [-0.4, -0.2) is 4.98 Å². The van der Waals surface area contributed by atoms with Gasteiger partial charge in [0.05, 0.1) is 0 Å². The number of nitrogens with zero attached hydrogens (tertiary/aromatic N) is 1. The van der Waals surface area contributed by atoms with Gasteiger partial charge in [-0.3, -0.25) is 4.98 Å². The molecule has 0 aliphatic heterocycles. The van der Waals surface area contributed by atoms with E-state index in [4.69, 9.17) is 0 Å². The van der Waals surface area contributed by atoms with Crippen LogP contribution in [0.2, 0.25) is 0 Å². The van der Waals surface area contributed by atoms with Crippen molar-refractivity contribution >= 4 is 0 Å². The van der Waals surface area contributed by atoms with E-state index in [1.807, 2.05) is 13.1 Å². The Balaban J connectivity index is 2.28. The van der Waals surface area contributed by atoms with Crippen LogP contribution in [0.15, 0.2) is 42.6 Å². The molecule has 100 valence electrons. The molecule has 0 fully saturated rings. The predicted octanol–water partition coefficient (Wildman–Crippen LogP) is 5.13. The molecule has 0 radical (unpaired) electrons. The van der Waals surface area contributed by atoms with E-state index in [-0.39, 0.29) is 5.41 Å². The van der Waals surface area contributed by atoms with Gasteiger partial charge in [0.2, 0.25) is 0 Å². The van der Waals surface area contributed by atoms with Crippen molar-refractivity contribution in [3.05, 3.63) is 53.9 Å². The highest BCUT2D eigenvalue weighted by atomic mass is 14.6. The van der Waals surface area contributed by atoms with Crippen LogP contribution in [0.1, 0.15) is 44.9 Å². The summed E-state index contributed by atoms with van der Waals surface area (Å²) < 4.78 is 0. The molecule has 0 aliphatic carbocycles. The van der Waals surface area contributed by atoms with Crippen molar-refractivity contribution in [1.82, 2.24) is 4.98 Å². The Bertz CT molecular complexity index is 538. The summed E-state index contributed by atoms with van der Waals surface area (Å²) in [7, 11) is 0. The first-order valence-electron chi connectivity index (χ1n) is 7.06. The summed E-state index contributed by atoms with van der Waals surface area (Å²) in [5.41, 5.74) is 5.26. The van der Waals surface area contributed by atoms with E-state index in [0.717, 1.165) is 5.69 Å². The molecule has 2 aromatic rings. The van der Waals surface area contributed by atoms with Crippen LogP contribution < -0.4 is 0 Å². The molecule has 1 heterocycles. The monoisotopic (exact) mass is 253 g/mol. The fraction of sp³-hybridized carbons (Fsp3) is 0.389. The quantitative estimate of drug-likeness (QED) is 0.735. The number of pyridine rings is 1. The van der Waals surface area contributed by atoms with E-state index in [1.165, 1.54) is 29.5 Å². The number of hydrogen-bond acceptors (Lipinski definition) is 1. The molecule has 0 saturated carbocycles. The van der Waals surface area contributed by atoms with Crippen molar-refractivity contribution < 1.29 is 0 Å². The molecular formula is C18H23N. The largest absolute Gasteiger partial charge is 0.262 e. The second-order valence-corrected chi connectivity index (χ2v) is 5.90. The van der Waals surface area contributed by atoms with E-state index >= 15 is 0 Å². The molecule has 1 nitrogen and oxygen atoms in total. The number of aryl methyl sites for hydroxylation is 1. The minimum atomic E-state index is 0.265. The standard InChI is InChI=1S/C18H23N/c1-5-11-18(3,4)17-8-6-15(7-9-17)16-10-12-19-14(2)13-16/h6-10,12-13H,5,11H2,1-4H3. The lowest BCUT2D eigenvalue weighted by Crippen LogP contribution is -2.16. The first-order chi connectivity index (χ1) is 9.03. The molecule has 1 aromatic heterocycles. The first-order valence-corrected chi connectivity index (χ1v) is 7.06. The highest BCUT2D eigenvalue weighted by molar-refractivity contribution is 5.63. The molecule has 2 rings (SSSR count). The third-order valence-corrected chi connectivity index (χ3v) is 3.77. The average Bonchev–Trinajstić information content (AvgIpc) is 2.39. The van der Waals surface area contributed by atoms with Crippen LogP contribution in [0.25, 0.3) is 11.1 Å². The predicted molar refractivity (Wildman–Crippen MR) is 82.3 cm³/mol. The third-order valence-electron chi connectivity index (χ3n) is 3.77. The van der Waals surface area contributed by atoms with Gasteiger partial charge in [0.15, 0.2) is 0 Å². The van der Waals surface area contributed by atoms with Gasteiger partial charge >= 0.3 is 0 Å². The van der Waals surface area contributed by atoms with Gasteiger partial charge in [-0.05, 0) is 47.6 Å². The molecule has 0 bridgehead atoms. The smallest absolute Gasteiger partial charge is 0.0378 e. The van der Waals surface area contributed by atoms with E-state index in [0.29, 0.717) is 0 Å². The molecule has 0 atom stereocenters. The molecule has 0 N–H and O–H groups in total. The van der Waals surface area contributed by atoms with Gasteiger partial charge in [-0.25, -0.2) is 0 Å². The number of hydrogen-bond donors (Lipinski definition) is 0. The summed E-state index contributed by atoms with van der Waals surface area (Å²) in [4.78, 5) is 4.25. The van der Waals surface area contributed by atoms with Crippen molar-refractivity contribution in [3.8, 4) is 11.1 Å². The zero-order valence-electron chi connectivity index (χ0n) is 12.4. The lowest BCUT2D eigenvalue weighted by atomic mass is 9.80. The molecular weight excluding hydrogens is 230 g/mol. The molecule has 1 heteroatoms. The summed E-state index contributed by atoms with van der Waals surface area (Å²) in [5, 5.41) is 0. The van der Waals surface area contributed by atoms with Crippen LogP contribution in [0, 0.1) is 6.92 Å². The summed E-state index contributed by atoms with van der Waals surface area (Å²) in [6.45, 7) is 8.92. The van der Waals surface area contributed by atoms with E-state index < -0.39 is 0 Å². The lowest BCUT2D eigenvalue weighted by Gasteiger charge is -2.24. The average molecular weight is 253 g/mol. The first kappa shape index (κ1) is 13.8. The minimum Gasteiger partial charge on any atom is -0.262 e. The summed E-state index contributed by atoms with van der Waals surface area (Å²) in [6, 6.07) is 13.2. The maximum absolute atomic E-state index is 4.25. The highest BCUT2D eigenvalue weighted by Crippen LogP contribution is 2.30. The Morgan fingerprint density at radius 3 is 2.26 bits per heavy atom. The van der Waals surface area contributed by atoms with Crippen LogP contribution in [0.4, 0.5) is 0 Å². The van der Waals surface area contributed by atoms with Crippen LogP contribution in [0.3, 0.4) is 0 Å². The topological polar surface area (TPSA) is 12.9 Å². The van der Waals surface area contributed by atoms with Crippen molar-refractivity contribution in [2.24, 2.45) is 0 Å². The summed E-state index contributed by atoms with van der Waals surface area (Å²) in [5.74, 6) is 0. The Morgan fingerprint density at radius 1 is 1.00 bits per heavy atom. The molecule has 0 saturated heterocycles. The van der Waals surface area contributed by atoms with Crippen molar-refractivity contribution in [2.45, 2.75) is 46.0 Å². The zero-order chi connectivity index (χ0) is 13.9. The van der Waals surface area contributed by atoms with Gasteiger partial charge in [0.1, 0.15) is 0 Å². The zero-order valence-corrected chi connectivity index (χ0v) is 12.4. The van der Waals surface area contributed by atoms with Gasteiger partial charge in [0.25, 0.3) is 0 Å². The van der Waals surface area contributed by atoms with Gasteiger partial charge < -0.3 is 0 Å². The summed E-state index contributed by atoms with van der Waals surface area (Å²) >= 11 is 0. The second-order valence-electron chi connectivity index (χ2n) is 5.90. The van der Waals surface area contributed by atoms with Crippen LogP contribution in [0.5, 0.6) is 0 Å². The normalized spacial score (nSPS) is 11.6. The lowest BCUT2D eigenvalue weighted by molar-refractivity contribution is 0.473. The van der Waals surface area contributed by atoms with Crippen molar-refractivity contribution in [1.29, 1.82) is 0 Å². The van der Waals surface area contributed by atoms with Crippen LogP contribution >= 0.6 is 0 Å². The molecule has 0 amide bonds. The van der Waals surface area contributed by atoms with Gasteiger partial charge in [-0.15, -0.1) is 0 Å². The van der Waals surface area contributed by atoms with Crippen molar-refractivity contribution in [3.63, 3.8) is 0 Å². The summed E-state index contributed by atoms with van der Waals surface area (Å²) in [6.07, 6.45) is 4.32. The molecule has 1 aromatic carbocycles. The Labute approximate surface area is 116 Å². The highest BCUT2D eigenvalue weighted by Gasteiger charge is 2.18. The molecule has 19 heavy (non-hydrogen) atoms. The van der Waals surface area contributed by atoms with Gasteiger partial charge in [-0.2, -0.15) is 0 Å². The Kier molecular flexibility index (Phi) is 4.04. The Morgan fingerprint density at radius 2 is 1.68 bits per heavy atom. The van der Waals surface area contributed by atoms with E-state index in [1.54, 1.807) is 0 Å². The van der Waals surface area contributed by atoms with Gasteiger partial charge in [0, 0.05) is 11.9 Å². The minimum absolute atomic E-state index is 0.265. The van der Waals surface area contributed by atoms with E-state index in [2.05, 4.69) is 62.2 Å². The molecule has 0 aliphatic rings. The third kappa shape index (κ3) is 3.23. The molecule has 0 unspecified atom stereocenters. The van der Waals surface area contributed by atoms with Crippen LogP contribution in [-0.2, 0) is 5.41 Å². The fourth-order valence-electron chi connectivity index (χ4n) is 2.61. The number of rotatable bonds is 4. The fourth-order valence-corrected chi connectivity index (χ4v) is 2.61. The maximum Gasteiger partial charge on any atom is 0.0378 e. The van der Waals surface area contributed by atoms with E-state index in [9.17, 15) is 0 Å². The second kappa shape index (κ2) is 5.56. The number of benzene rings is 1. The van der Waals surface area contributed by atoms with Gasteiger partial charge in [-0.1, -0.05) is 51.5 Å².